The van der Waals surface area contributed by atoms with E-state index in [1.807, 2.05) is 6.92 Å². The summed E-state index contributed by atoms with van der Waals surface area (Å²) in [6.07, 6.45) is 5.63. The molecule has 2 rings (SSSR count). The van der Waals surface area contributed by atoms with Crippen LogP contribution in [-0.2, 0) is 0 Å². The van der Waals surface area contributed by atoms with Crippen LogP contribution in [0.3, 0.4) is 0 Å². The Hall–Kier alpha value is -1.10. The van der Waals surface area contributed by atoms with Crippen molar-refractivity contribution in [3.05, 3.63) is 5.28 Å². The van der Waals surface area contributed by atoms with Gasteiger partial charge in [-0.2, -0.15) is 15.0 Å². The molecule has 1 aromatic rings. The van der Waals surface area contributed by atoms with Crippen LogP contribution in [0.5, 0.6) is 6.01 Å². The fourth-order valence-electron chi connectivity index (χ4n) is 2.20. The normalized spacial score (nSPS) is 17.7. The number of halogens is 1. The second-order valence-electron chi connectivity index (χ2n) is 4.95. The Morgan fingerprint density at radius 3 is 2.67 bits per heavy atom. The zero-order valence-corrected chi connectivity index (χ0v) is 11.6. The van der Waals surface area contributed by atoms with Crippen LogP contribution in [0.4, 0.5) is 5.95 Å². The molecule has 1 aliphatic rings. The number of nitrogens with one attached hydrogen (secondary N) is 1. The molecular formula is C12H19ClN4O. The van der Waals surface area contributed by atoms with Crippen molar-refractivity contribution in [2.45, 2.75) is 51.5 Å². The molecule has 1 aliphatic carbocycles. The van der Waals surface area contributed by atoms with Crippen molar-refractivity contribution in [2.24, 2.45) is 0 Å². The topological polar surface area (TPSA) is 59.9 Å². The molecule has 0 spiro atoms. The van der Waals surface area contributed by atoms with Gasteiger partial charge in [0.05, 0.1) is 6.61 Å². The highest BCUT2D eigenvalue weighted by atomic mass is 35.5. The molecule has 0 atom stereocenters. The molecule has 1 aromatic heterocycles. The number of rotatable bonds is 5. The van der Waals surface area contributed by atoms with E-state index in [0.717, 1.165) is 19.3 Å². The van der Waals surface area contributed by atoms with Crippen molar-refractivity contribution in [2.75, 3.05) is 11.9 Å². The molecule has 1 saturated carbocycles. The summed E-state index contributed by atoms with van der Waals surface area (Å²) in [4.78, 5) is 12.3. The zero-order valence-electron chi connectivity index (χ0n) is 10.9. The summed E-state index contributed by atoms with van der Waals surface area (Å²) in [6.45, 7) is 4.79. The van der Waals surface area contributed by atoms with Gasteiger partial charge in [-0.25, -0.2) is 0 Å². The molecule has 0 bridgehead atoms. The number of ether oxygens (including phenoxy) is 1. The minimum atomic E-state index is 0.0622. The first-order valence-electron chi connectivity index (χ1n) is 6.44. The first-order valence-corrected chi connectivity index (χ1v) is 6.82. The fraction of sp³-hybridized carbons (Fsp3) is 0.750. The third-order valence-corrected chi connectivity index (χ3v) is 3.31. The van der Waals surface area contributed by atoms with Crippen molar-refractivity contribution < 1.29 is 4.74 Å². The van der Waals surface area contributed by atoms with Gasteiger partial charge in [-0.1, -0.05) is 19.8 Å². The van der Waals surface area contributed by atoms with Gasteiger partial charge >= 0.3 is 6.01 Å². The van der Waals surface area contributed by atoms with E-state index in [-0.39, 0.29) is 10.8 Å². The van der Waals surface area contributed by atoms with Gasteiger partial charge in [0.2, 0.25) is 11.2 Å². The average molecular weight is 271 g/mol. The summed E-state index contributed by atoms with van der Waals surface area (Å²) in [6, 6.07) is 0.293. The molecule has 1 fully saturated rings. The van der Waals surface area contributed by atoms with E-state index < -0.39 is 0 Å². The molecular weight excluding hydrogens is 252 g/mol. The van der Waals surface area contributed by atoms with Crippen LogP contribution in [0.25, 0.3) is 0 Å². The molecule has 6 heteroatoms. The van der Waals surface area contributed by atoms with Crippen molar-refractivity contribution in [1.29, 1.82) is 0 Å². The van der Waals surface area contributed by atoms with Crippen LogP contribution in [0, 0.1) is 0 Å². The number of nitrogens with zero attached hydrogens (tertiary/aromatic N) is 3. The van der Waals surface area contributed by atoms with E-state index in [1.54, 1.807) is 0 Å². The lowest BCUT2D eigenvalue weighted by Gasteiger charge is -2.25. The van der Waals surface area contributed by atoms with Crippen LogP contribution in [0.1, 0.15) is 46.0 Å². The molecule has 0 saturated heterocycles. The highest BCUT2D eigenvalue weighted by Crippen LogP contribution is 2.31. The molecule has 0 unspecified atom stereocenters. The van der Waals surface area contributed by atoms with E-state index >= 15 is 0 Å². The monoisotopic (exact) mass is 270 g/mol. The first-order chi connectivity index (χ1) is 8.61. The second kappa shape index (κ2) is 5.69. The number of hydrogen-bond acceptors (Lipinski definition) is 5. The third kappa shape index (κ3) is 3.45. The number of hydrogen-bond donors (Lipinski definition) is 1. The van der Waals surface area contributed by atoms with Crippen molar-refractivity contribution in [3.63, 3.8) is 0 Å². The lowest BCUT2D eigenvalue weighted by molar-refractivity contribution is 0.291. The molecule has 5 nitrogen and oxygen atoms in total. The SMILES string of the molecule is CCCOc1nc(Cl)nc(NC2(C)CCCC2)n1. The van der Waals surface area contributed by atoms with Crippen molar-refractivity contribution >= 4 is 17.5 Å². The predicted octanol–water partition coefficient (Wildman–Crippen LogP) is 3.06. The van der Waals surface area contributed by atoms with Crippen molar-refractivity contribution in [3.8, 4) is 6.01 Å². The molecule has 100 valence electrons. The maximum atomic E-state index is 5.88. The second-order valence-corrected chi connectivity index (χ2v) is 5.29. The molecule has 1 heterocycles. The van der Waals surface area contributed by atoms with E-state index in [1.165, 1.54) is 12.8 Å². The molecule has 18 heavy (non-hydrogen) atoms. The quantitative estimate of drug-likeness (QED) is 0.891. The van der Waals surface area contributed by atoms with Gasteiger partial charge in [0.15, 0.2) is 0 Å². The van der Waals surface area contributed by atoms with E-state index in [0.29, 0.717) is 18.6 Å². The van der Waals surface area contributed by atoms with E-state index in [2.05, 4.69) is 27.2 Å². The highest BCUT2D eigenvalue weighted by molar-refractivity contribution is 6.28. The van der Waals surface area contributed by atoms with Gasteiger partial charge in [0.25, 0.3) is 0 Å². The Bertz CT molecular complexity index is 407. The summed E-state index contributed by atoms with van der Waals surface area (Å²) in [7, 11) is 0. The summed E-state index contributed by atoms with van der Waals surface area (Å²) < 4.78 is 5.39. The van der Waals surface area contributed by atoms with Crippen LogP contribution in [0.2, 0.25) is 5.28 Å². The largest absolute Gasteiger partial charge is 0.463 e. The van der Waals surface area contributed by atoms with Gasteiger partial charge in [0.1, 0.15) is 0 Å². The maximum Gasteiger partial charge on any atom is 0.322 e. The fourth-order valence-corrected chi connectivity index (χ4v) is 2.35. The van der Waals surface area contributed by atoms with E-state index in [9.17, 15) is 0 Å². The Morgan fingerprint density at radius 1 is 1.28 bits per heavy atom. The summed E-state index contributed by atoms with van der Waals surface area (Å²) in [5.41, 5.74) is 0.0622. The van der Waals surface area contributed by atoms with Gasteiger partial charge in [-0.15, -0.1) is 0 Å². The molecule has 0 aliphatic heterocycles. The number of anilines is 1. The first kappa shape index (κ1) is 13.3. The Balaban J connectivity index is 2.09. The predicted molar refractivity (Wildman–Crippen MR) is 71.1 cm³/mol. The van der Waals surface area contributed by atoms with Crippen LogP contribution in [0.15, 0.2) is 0 Å². The summed E-state index contributed by atoms with van der Waals surface area (Å²) in [5, 5.41) is 3.52. The minimum absolute atomic E-state index is 0.0622. The van der Waals surface area contributed by atoms with Crippen LogP contribution in [-0.4, -0.2) is 27.1 Å². The van der Waals surface area contributed by atoms with Gasteiger partial charge in [-0.05, 0) is 37.8 Å². The maximum absolute atomic E-state index is 5.88. The van der Waals surface area contributed by atoms with Crippen LogP contribution >= 0.6 is 11.6 Å². The molecule has 0 amide bonds. The lowest BCUT2D eigenvalue weighted by atomic mass is 10.0. The summed E-state index contributed by atoms with van der Waals surface area (Å²) >= 11 is 5.88. The molecule has 0 aromatic carbocycles. The minimum Gasteiger partial charge on any atom is -0.463 e. The Morgan fingerprint density at radius 2 is 2.00 bits per heavy atom. The average Bonchev–Trinajstić information content (AvgIpc) is 2.72. The van der Waals surface area contributed by atoms with Gasteiger partial charge in [-0.3, -0.25) is 0 Å². The van der Waals surface area contributed by atoms with Crippen LogP contribution < -0.4 is 10.1 Å². The number of aromatic nitrogens is 3. The summed E-state index contributed by atoms with van der Waals surface area (Å²) in [5.74, 6) is 0.505. The van der Waals surface area contributed by atoms with Gasteiger partial charge in [0, 0.05) is 5.54 Å². The smallest absolute Gasteiger partial charge is 0.322 e. The standard InChI is InChI=1S/C12H19ClN4O/c1-3-8-18-11-15-9(13)14-10(16-11)17-12(2)6-4-5-7-12/h3-8H2,1-2H3,(H,14,15,16,17). The van der Waals surface area contributed by atoms with Gasteiger partial charge < -0.3 is 10.1 Å². The van der Waals surface area contributed by atoms with Crippen molar-refractivity contribution in [1.82, 2.24) is 15.0 Å². The lowest BCUT2D eigenvalue weighted by Crippen LogP contribution is -2.32. The van der Waals surface area contributed by atoms with E-state index in [4.69, 9.17) is 16.3 Å². The highest BCUT2D eigenvalue weighted by Gasteiger charge is 2.29. The Labute approximate surface area is 112 Å². The zero-order chi connectivity index (χ0) is 13.0. The molecule has 1 N–H and O–H groups in total. The molecule has 0 radical (unpaired) electrons. The third-order valence-electron chi connectivity index (χ3n) is 3.14. The Kier molecular flexibility index (Phi) is 4.22.